The number of nitrogens with zero attached hydrogens (tertiary/aromatic N) is 1. The van der Waals surface area contributed by atoms with Crippen LogP contribution in [0.4, 0.5) is 5.69 Å². The molecule has 3 aromatic rings. The highest BCUT2D eigenvalue weighted by Gasteiger charge is 2.29. The van der Waals surface area contributed by atoms with E-state index >= 15 is 0 Å². The van der Waals surface area contributed by atoms with Crippen molar-refractivity contribution in [2.75, 3.05) is 19.1 Å². The lowest BCUT2D eigenvalue weighted by Gasteiger charge is -2.12. The van der Waals surface area contributed by atoms with E-state index in [2.05, 4.69) is 0 Å². The van der Waals surface area contributed by atoms with Gasteiger partial charge in [-0.25, -0.2) is 0 Å². The monoisotopic (exact) mass is 371 g/mol. The summed E-state index contributed by atoms with van der Waals surface area (Å²) in [6.45, 7) is 0.467. The highest BCUT2D eigenvalue weighted by Crippen LogP contribution is 2.37. The molecule has 1 amide bonds. The molecule has 0 atom stereocenters. The van der Waals surface area contributed by atoms with Gasteiger partial charge in [-0.2, -0.15) is 0 Å². The number of anilines is 1. The highest BCUT2D eigenvalue weighted by molar-refractivity contribution is 6.35. The third-order valence-electron chi connectivity index (χ3n) is 4.83. The Hall–Kier alpha value is -3.53. The van der Waals surface area contributed by atoms with Crippen LogP contribution >= 0.6 is 0 Å². The number of hydrogen-bond acceptors (Lipinski definition) is 3. The number of fused-ring (bicyclic) bond motifs is 1. The van der Waals surface area contributed by atoms with E-state index in [1.165, 1.54) is 0 Å². The van der Waals surface area contributed by atoms with Crippen molar-refractivity contribution in [3.8, 4) is 11.5 Å². The van der Waals surface area contributed by atoms with Crippen LogP contribution in [0.1, 0.15) is 16.7 Å². The number of carbonyl (C=O) groups excluding carboxylic acids is 1. The third-order valence-corrected chi connectivity index (χ3v) is 4.83. The average Bonchev–Trinajstić information content (AvgIpc) is 2.98. The number of benzene rings is 3. The van der Waals surface area contributed by atoms with Gasteiger partial charge in [0.05, 0.1) is 12.8 Å². The Morgan fingerprint density at radius 1 is 0.929 bits per heavy atom. The van der Waals surface area contributed by atoms with Crippen LogP contribution in [0.15, 0.2) is 72.8 Å². The predicted octanol–water partition coefficient (Wildman–Crippen LogP) is 4.79. The maximum atomic E-state index is 12.6. The van der Waals surface area contributed by atoms with E-state index in [9.17, 15) is 4.79 Å². The van der Waals surface area contributed by atoms with E-state index in [4.69, 9.17) is 9.47 Å². The van der Waals surface area contributed by atoms with E-state index in [1.54, 1.807) is 19.1 Å². The molecule has 3 aromatic carbocycles. The van der Waals surface area contributed by atoms with Crippen molar-refractivity contribution in [2.24, 2.45) is 0 Å². The molecular formula is C24H21NO3. The standard InChI is InChI=1S/C24H21NO3/c1-25-21-11-7-6-10-19(21)20(24(25)26)14-18-12-13-22(23(15-18)27-2)28-16-17-8-4-3-5-9-17/h3-15H,16H2,1-2H3/b20-14+. The summed E-state index contributed by atoms with van der Waals surface area (Å²) in [5, 5.41) is 0. The summed E-state index contributed by atoms with van der Waals surface area (Å²) in [4.78, 5) is 14.3. The highest BCUT2D eigenvalue weighted by atomic mass is 16.5. The molecule has 0 fully saturated rings. The van der Waals surface area contributed by atoms with E-state index in [-0.39, 0.29) is 5.91 Å². The Morgan fingerprint density at radius 2 is 1.68 bits per heavy atom. The van der Waals surface area contributed by atoms with E-state index in [1.807, 2.05) is 78.9 Å². The smallest absolute Gasteiger partial charge is 0.258 e. The molecule has 140 valence electrons. The third kappa shape index (κ3) is 3.37. The fraction of sp³-hybridized carbons (Fsp3) is 0.125. The van der Waals surface area contributed by atoms with Gasteiger partial charge in [0.2, 0.25) is 0 Å². The van der Waals surface area contributed by atoms with Gasteiger partial charge in [0.25, 0.3) is 5.91 Å². The second-order valence-corrected chi connectivity index (χ2v) is 6.62. The van der Waals surface area contributed by atoms with Gasteiger partial charge in [-0.15, -0.1) is 0 Å². The van der Waals surface area contributed by atoms with E-state index in [0.29, 0.717) is 23.7 Å². The second kappa shape index (κ2) is 7.61. The molecule has 0 unspecified atom stereocenters. The number of amides is 1. The van der Waals surface area contributed by atoms with Crippen molar-refractivity contribution in [3.63, 3.8) is 0 Å². The first-order chi connectivity index (χ1) is 13.7. The van der Waals surface area contributed by atoms with Crippen LogP contribution in [0, 0.1) is 0 Å². The minimum absolute atomic E-state index is 0.00966. The van der Waals surface area contributed by atoms with E-state index < -0.39 is 0 Å². The Kier molecular flexibility index (Phi) is 4.85. The van der Waals surface area contributed by atoms with Gasteiger partial charge < -0.3 is 14.4 Å². The first-order valence-corrected chi connectivity index (χ1v) is 9.11. The number of carbonyl (C=O) groups is 1. The number of hydrogen-bond donors (Lipinski definition) is 0. The van der Waals surface area contributed by atoms with Crippen LogP contribution in [0.5, 0.6) is 11.5 Å². The molecule has 0 bridgehead atoms. The summed E-state index contributed by atoms with van der Waals surface area (Å²) in [6.07, 6.45) is 1.90. The summed E-state index contributed by atoms with van der Waals surface area (Å²) in [5.74, 6) is 1.30. The molecule has 4 rings (SSSR count). The number of likely N-dealkylation sites (N-methyl/N-ethyl adjacent to an activating group) is 1. The molecule has 1 aliphatic heterocycles. The van der Waals surface area contributed by atoms with Crippen LogP contribution < -0.4 is 14.4 Å². The maximum Gasteiger partial charge on any atom is 0.258 e. The van der Waals surface area contributed by atoms with Crippen LogP contribution in [0.25, 0.3) is 11.6 Å². The summed E-state index contributed by atoms with van der Waals surface area (Å²) >= 11 is 0. The maximum absolute atomic E-state index is 12.6. The molecule has 4 nitrogen and oxygen atoms in total. The zero-order valence-corrected chi connectivity index (χ0v) is 15.9. The van der Waals surface area contributed by atoms with Crippen LogP contribution in [-0.2, 0) is 11.4 Å². The van der Waals surface area contributed by atoms with Gasteiger partial charge in [-0.05, 0) is 35.4 Å². The zero-order valence-electron chi connectivity index (χ0n) is 15.9. The molecule has 28 heavy (non-hydrogen) atoms. The minimum Gasteiger partial charge on any atom is -0.493 e. The predicted molar refractivity (Wildman–Crippen MR) is 111 cm³/mol. The van der Waals surface area contributed by atoms with Crippen molar-refractivity contribution in [1.82, 2.24) is 0 Å². The fourth-order valence-corrected chi connectivity index (χ4v) is 3.33. The molecule has 0 aliphatic carbocycles. The van der Waals surface area contributed by atoms with Crippen LogP contribution in [-0.4, -0.2) is 20.1 Å². The molecule has 0 aromatic heterocycles. The molecule has 0 spiro atoms. The number of methoxy groups -OCH3 is 1. The van der Waals surface area contributed by atoms with Crippen molar-refractivity contribution >= 4 is 23.2 Å². The number of ether oxygens (including phenoxy) is 2. The van der Waals surface area contributed by atoms with Crippen molar-refractivity contribution in [2.45, 2.75) is 6.61 Å². The van der Waals surface area contributed by atoms with Gasteiger partial charge in [0, 0.05) is 18.2 Å². The summed E-state index contributed by atoms with van der Waals surface area (Å²) in [7, 11) is 3.41. The lowest BCUT2D eigenvalue weighted by molar-refractivity contribution is -0.112. The quantitative estimate of drug-likeness (QED) is 0.605. The van der Waals surface area contributed by atoms with Crippen LogP contribution in [0.2, 0.25) is 0 Å². The van der Waals surface area contributed by atoms with Gasteiger partial charge in [-0.1, -0.05) is 54.6 Å². The zero-order chi connectivity index (χ0) is 19.5. The molecule has 0 saturated carbocycles. The first kappa shape index (κ1) is 17.9. The Balaban J connectivity index is 1.61. The largest absolute Gasteiger partial charge is 0.493 e. The molecule has 1 aliphatic rings. The Bertz CT molecular complexity index is 1040. The van der Waals surface area contributed by atoms with Crippen molar-refractivity contribution in [3.05, 3.63) is 89.5 Å². The Morgan fingerprint density at radius 3 is 2.46 bits per heavy atom. The van der Waals surface area contributed by atoms with Gasteiger partial charge in [0.15, 0.2) is 11.5 Å². The Labute approximate surface area is 164 Å². The van der Waals surface area contributed by atoms with E-state index in [0.717, 1.165) is 22.4 Å². The number of rotatable bonds is 5. The molecule has 0 N–H and O–H groups in total. The SMILES string of the molecule is COc1cc(/C=C2/C(=O)N(C)c3ccccc32)ccc1OCc1ccccc1. The lowest BCUT2D eigenvalue weighted by atomic mass is 10.0. The molecule has 4 heteroatoms. The van der Waals surface area contributed by atoms with Crippen molar-refractivity contribution in [1.29, 1.82) is 0 Å². The molecule has 0 radical (unpaired) electrons. The first-order valence-electron chi connectivity index (χ1n) is 9.11. The van der Waals surface area contributed by atoms with Crippen molar-refractivity contribution < 1.29 is 14.3 Å². The molecular weight excluding hydrogens is 350 g/mol. The minimum atomic E-state index is -0.00966. The van der Waals surface area contributed by atoms with Gasteiger partial charge in [0.1, 0.15) is 6.61 Å². The van der Waals surface area contributed by atoms with Crippen LogP contribution in [0.3, 0.4) is 0 Å². The van der Waals surface area contributed by atoms with Gasteiger partial charge in [-0.3, -0.25) is 4.79 Å². The second-order valence-electron chi connectivity index (χ2n) is 6.62. The topological polar surface area (TPSA) is 38.8 Å². The molecule has 1 heterocycles. The lowest BCUT2D eigenvalue weighted by Crippen LogP contribution is -2.20. The normalized spacial score (nSPS) is 14.3. The fourth-order valence-electron chi connectivity index (χ4n) is 3.33. The average molecular weight is 371 g/mol. The summed E-state index contributed by atoms with van der Waals surface area (Å²) < 4.78 is 11.4. The number of para-hydroxylation sites is 1. The summed E-state index contributed by atoms with van der Waals surface area (Å²) in [5.41, 5.74) is 4.52. The molecule has 0 saturated heterocycles. The summed E-state index contributed by atoms with van der Waals surface area (Å²) in [6, 6.07) is 23.5. The van der Waals surface area contributed by atoms with Gasteiger partial charge >= 0.3 is 0 Å².